The minimum Gasteiger partial charge on any atom is -0.546 e. The second kappa shape index (κ2) is 10.4. The molecule has 36 heavy (non-hydrogen) atoms. The topological polar surface area (TPSA) is 47.9 Å². The van der Waals surface area contributed by atoms with Crippen molar-refractivity contribution in [3.63, 3.8) is 0 Å². The van der Waals surface area contributed by atoms with Gasteiger partial charge >= 0.3 is 0 Å². The van der Waals surface area contributed by atoms with Crippen LogP contribution in [0.2, 0.25) is 16.6 Å². The van der Waals surface area contributed by atoms with Crippen LogP contribution in [0.3, 0.4) is 0 Å². The van der Waals surface area contributed by atoms with Gasteiger partial charge < -0.3 is 19.0 Å². The molecule has 4 nitrogen and oxygen atoms in total. The summed E-state index contributed by atoms with van der Waals surface area (Å²) in [5, 5.41) is 12.1. The van der Waals surface area contributed by atoms with E-state index in [4.69, 9.17) is 20.5 Å². The highest BCUT2D eigenvalue weighted by Crippen LogP contribution is 2.69. The average Bonchev–Trinajstić information content (AvgIpc) is 3.18. The first kappa shape index (κ1) is 29.7. The number of ether oxygens (including phenoxy) is 2. The third-order valence-corrected chi connectivity index (χ3v) is 16.9. The summed E-state index contributed by atoms with van der Waals surface area (Å²) in [7, 11) is -0.512. The first-order chi connectivity index (χ1) is 16.7. The van der Waals surface area contributed by atoms with Gasteiger partial charge in [-0.2, -0.15) is 0 Å². The van der Waals surface area contributed by atoms with E-state index in [9.17, 15) is 5.11 Å². The molecule has 0 aromatic rings. The first-order valence-corrected chi connectivity index (χ1v) is 16.3. The number of hydrogen-bond donors (Lipinski definition) is 1. The Labute approximate surface area is 222 Å². The van der Waals surface area contributed by atoms with Crippen molar-refractivity contribution < 1.29 is 19.0 Å². The summed E-state index contributed by atoms with van der Waals surface area (Å²) in [4.78, 5) is 0. The van der Waals surface area contributed by atoms with Gasteiger partial charge in [-0.15, -0.1) is 6.58 Å². The third kappa shape index (κ3) is 4.21. The molecule has 1 unspecified atom stereocenters. The molecule has 2 saturated carbocycles. The van der Waals surface area contributed by atoms with E-state index in [0.717, 1.165) is 30.6 Å². The fourth-order valence-electron chi connectivity index (χ4n) is 8.68. The van der Waals surface area contributed by atoms with E-state index in [1.165, 1.54) is 0 Å². The standard InChI is InChI=1S/C31H54O4Si/c1-13-29(10)18-26(32)30(11)23(8)14-16-31(24(9)28(29)34-19-33-12)17-15-25(27(30)31)35-36(20(2)3,21(4)5)22(6)7/h13,15,20-23,26-28,32H,1,9,14,16-19H2,2-8,10-12H3/t23-,26-,27?,28+,29-,30+,31+/m1/s1. The molecule has 0 aliphatic heterocycles. The van der Waals surface area contributed by atoms with Gasteiger partial charge in [0.25, 0.3) is 8.32 Å². The number of hydrogen-bond acceptors (Lipinski definition) is 4. The zero-order chi connectivity index (χ0) is 27.3. The van der Waals surface area contributed by atoms with Gasteiger partial charge in [-0.3, -0.25) is 0 Å². The van der Waals surface area contributed by atoms with Gasteiger partial charge in [-0.05, 0) is 59.9 Å². The number of aliphatic hydroxyl groups is 1. The molecule has 2 fully saturated rings. The molecular formula is C31H54O4Si. The molecule has 7 atom stereocenters. The Bertz CT molecular complexity index is 841. The zero-order valence-electron chi connectivity index (χ0n) is 24.8. The average molecular weight is 519 g/mol. The van der Waals surface area contributed by atoms with E-state index in [1.807, 2.05) is 6.08 Å². The van der Waals surface area contributed by atoms with Crippen LogP contribution in [0.15, 0.2) is 36.6 Å². The summed E-state index contributed by atoms with van der Waals surface area (Å²) in [6.45, 7) is 30.0. The van der Waals surface area contributed by atoms with Gasteiger partial charge in [0, 0.05) is 29.3 Å². The summed E-state index contributed by atoms with van der Waals surface area (Å²) in [5.74, 6) is 1.57. The number of methoxy groups -OCH3 is 1. The molecule has 0 saturated heterocycles. The fourth-order valence-corrected chi connectivity index (χ4v) is 14.0. The molecule has 3 aliphatic rings. The summed E-state index contributed by atoms with van der Waals surface area (Å²) < 4.78 is 19.2. The van der Waals surface area contributed by atoms with Crippen LogP contribution in [0.4, 0.5) is 0 Å². The van der Waals surface area contributed by atoms with Crippen molar-refractivity contribution in [1.82, 2.24) is 0 Å². The van der Waals surface area contributed by atoms with Gasteiger partial charge in [-0.25, -0.2) is 0 Å². The zero-order valence-corrected chi connectivity index (χ0v) is 25.8. The maximum absolute atomic E-state index is 12.1. The molecule has 3 rings (SSSR count). The Hall–Kier alpha value is -0.883. The van der Waals surface area contributed by atoms with Crippen molar-refractivity contribution >= 4 is 8.32 Å². The highest BCUT2D eigenvalue weighted by atomic mass is 28.4. The number of rotatable bonds is 9. The molecule has 0 spiro atoms. The van der Waals surface area contributed by atoms with Gasteiger partial charge in [0.1, 0.15) is 6.79 Å². The molecule has 0 amide bonds. The van der Waals surface area contributed by atoms with E-state index in [0.29, 0.717) is 29.0 Å². The Morgan fingerprint density at radius 3 is 2.22 bits per heavy atom. The molecule has 1 N–H and O–H groups in total. The Kier molecular flexibility index (Phi) is 8.53. The van der Waals surface area contributed by atoms with Crippen molar-refractivity contribution in [3.8, 4) is 0 Å². The van der Waals surface area contributed by atoms with Crippen LogP contribution in [-0.4, -0.2) is 39.5 Å². The second-order valence-corrected chi connectivity index (χ2v) is 18.9. The minimum atomic E-state index is -2.17. The summed E-state index contributed by atoms with van der Waals surface area (Å²) in [6.07, 6.45) is 7.11. The highest BCUT2D eigenvalue weighted by Gasteiger charge is 2.66. The fraction of sp³-hybridized carbons (Fsp3) is 0.806. The maximum Gasteiger partial charge on any atom is 0.258 e. The molecule has 2 bridgehead atoms. The number of allylic oxidation sites excluding steroid dienone is 2. The van der Waals surface area contributed by atoms with E-state index >= 15 is 0 Å². The monoisotopic (exact) mass is 518 g/mol. The Morgan fingerprint density at radius 1 is 1.14 bits per heavy atom. The lowest BCUT2D eigenvalue weighted by molar-refractivity contribution is -0.164. The van der Waals surface area contributed by atoms with Gasteiger partial charge in [-0.1, -0.05) is 75.0 Å². The van der Waals surface area contributed by atoms with Crippen LogP contribution < -0.4 is 0 Å². The number of aliphatic hydroxyl groups excluding tert-OH is 1. The lowest BCUT2D eigenvalue weighted by Gasteiger charge is -2.62. The van der Waals surface area contributed by atoms with E-state index in [-0.39, 0.29) is 29.6 Å². The molecule has 5 heteroatoms. The SMILES string of the molecule is C=C[C@]1(C)C[C@@H](O)[C@@]2(C)C3C(O[Si](C(C)C)(C(C)C)C(C)C)=CC[C@@]3(CC[C@H]2C)C(=C)[C@@H]1OCOC. The predicted molar refractivity (Wildman–Crippen MR) is 152 cm³/mol. The van der Waals surface area contributed by atoms with Crippen molar-refractivity contribution in [3.05, 3.63) is 36.6 Å². The van der Waals surface area contributed by atoms with Gasteiger partial charge in [0.15, 0.2) is 0 Å². The second-order valence-electron chi connectivity index (χ2n) is 13.5. The lowest BCUT2D eigenvalue weighted by Crippen LogP contribution is -2.61. The van der Waals surface area contributed by atoms with Crippen LogP contribution in [0.25, 0.3) is 0 Å². The molecule has 0 radical (unpaired) electrons. The normalized spacial score (nSPS) is 39.2. The van der Waals surface area contributed by atoms with Crippen molar-refractivity contribution in [2.24, 2.45) is 28.1 Å². The quantitative estimate of drug-likeness (QED) is 0.191. The van der Waals surface area contributed by atoms with Crippen molar-refractivity contribution in [1.29, 1.82) is 0 Å². The van der Waals surface area contributed by atoms with E-state index < -0.39 is 19.8 Å². The van der Waals surface area contributed by atoms with Crippen LogP contribution in [0.1, 0.15) is 88.0 Å². The molecule has 0 aromatic carbocycles. The highest BCUT2D eigenvalue weighted by molar-refractivity contribution is 6.77. The predicted octanol–water partition coefficient (Wildman–Crippen LogP) is 8.01. The van der Waals surface area contributed by atoms with Crippen molar-refractivity contribution in [2.45, 2.75) is 117 Å². The summed E-state index contributed by atoms with van der Waals surface area (Å²) in [5.41, 5.74) is 1.62. The van der Waals surface area contributed by atoms with Crippen LogP contribution in [0.5, 0.6) is 0 Å². The van der Waals surface area contributed by atoms with Crippen LogP contribution in [0, 0.1) is 28.1 Å². The van der Waals surface area contributed by atoms with Gasteiger partial charge in [0.2, 0.25) is 0 Å². The minimum absolute atomic E-state index is 0.0855. The Morgan fingerprint density at radius 2 is 1.72 bits per heavy atom. The van der Waals surface area contributed by atoms with Crippen molar-refractivity contribution in [2.75, 3.05) is 13.9 Å². The van der Waals surface area contributed by atoms with E-state index in [1.54, 1.807) is 7.11 Å². The summed E-state index contributed by atoms with van der Waals surface area (Å²) >= 11 is 0. The molecule has 0 aromatic heterocycles. The van der Waals surface area contributed by atoms with E-state index in [2.05, 4.69) is 75.0 Å². The molecule has 3 aliphatic carbocycles. The lowest BCUT2D eigenvalue weighted by atomic mass is 9.45. The molecule has 0 heterocycles. The maximum atomic E-state index is 12.1. The summed E-state index contributed by atoms with van der Waals surface area (Å²) in [6, 6.07) is 0. The first-order valence-electron chi connectivity index (χ1n) is 14.2. The van der Waals surface area contributed by atoms with Crippen LogP contribution >= 0.6 is 0 Å². The largest absolute Gasteiger partial charge is 0.546 e. The third-order valence-electron chi connectivity index (χ3n) is 10.9. The molecule has 206 valence electrons. The van der Waals surface area contributed by atoms with Gasteiger partial charge in [0.05, 0.1) is 18.0 Å². The smallest absolute Gasteiger partial charge is 0.258 e. The van der Waals surface area contributed by atoms with Crippen LogP contribution in [-0.2, 0) is 13.9 Å². The Balaban J connectivity index is 2.21. The molecular weight excluding hydrogens is 464 g/mol.